The van der Waals surface area contributed by atoms with E-state index in [1.807, 2.05) is 31.2 Å². The lowest BCUT2D eigenvalue weighted by Crippen LogP contribution is -2.14. The Morgan fingerprint density at radius 3 is 2.79 bits per heavy atom. The van der Waals surface area contributed by atoms with Crippen LogP contribution in [0.15, 0.2) is 24.3 Å². The van der Waals surface area contributed by atoms with Gasteiger partial charge in [-0.3, -0.25) is 0 Å². The summed E-state index contributed by atoms with van der Waals surface area (Å²) in [5, 5.41) is 3.92. The fraction of sp³-hybridized carbons (Fsp3) is 0.467. The van der Waals surface area contributed by atoms with E-state index in [-0.39, 0.29) is 0 Å². The Morgan fingerprint density at radius 1 is 1.37 bits per heavy atom. The van der Waals surface area contributed by atoms with E-state index in [1.54, 1.807) is 7.11 Å². The minimum absolute atomic E-state index is 0.486. The summed E-state index contributed by atoms with van der Waals surface area (Å²) in [7, 11) is 1.62. The number of allylic oxidation sites excluding steroid dienone is 1. The van der Waals surface area contributed by atoms with Crippen molar-refractivity contribution in [1.82, 2.24) is 5.32 Å². The number of methoxy groups -OCH3 is 1. The first-order valence-corrected chi connectivity index (χ1v) is 6.91. The van der Waals surface area contributed by atoms with Crippen LogP contribution in [-0.4, -0.2) is 20.3 Å². The number of nitrogens with one attached hydrogen (secondary N) is 1. The van der Waals surface area contributed by atoms with Gasteiger partial charge in [-0.05, 0) is 37.6 Å². The van der Waals surface area contributed by atoms with Gasteiger partial charge in [-0.25, -0.2) is 0 Å². The molecule has 0 saturated heterocycles. The molecule has 1 N–H and O–H groups in total. The van der Waals surface area contributed by atoms with Crippen LogP contribution >= 0.6 is 11.6 Å². The van der Waals surface area contributed by atoms with E-state index >= 15 is 0 Å². The van der Waals surface area contributed by atoms with Crippen molar-refractivity contribution in [2.75, 3.05) is 20.3 Å². The summed E-state index contributed by atoms with van der Waals surface area (Å²) in [4.78, 5) is 0. The average Bonchev–Trinajstić information content (AvgIpc) is 2.41. The maximum absolute atomic E-state index is 6.25. The molecule has 0 atom stereocenters. The Kier molecular flexibility index (Phi) is 7.38. The Labute approximate surface area is 120 Å². The van der Waals surface area contributed by atoms with E-state index in [2.05, 4.69) is 12.2 Å². The zero-order valence-electron chi connectivity index (χ0n) is 11.8. The highest BCUT2D eigenvalue weighted by Gasteiger charge is 2.11. The van der Waals surface area contributed by atoms with Crippen molar-refractivity contribution in [3.05, 3.63) is 34.9 Å². The number of hydrogen-bond acceptors (Lipinski definition) is 3. The molecule has 0 aliphatic rings. The van der Waals surface area contributed by atoms with Gasteiger partial charge in [0.05, 0.1) is 12.1 Å². The van der Waals surface area contributed by atoms with Crippen LogP contribution in [0.4, 0.5) is 0 Å². The largest absolute Gasteiger partial charge is 0.493 e. The molecule has 106 valence electrons. The van der Waals surface area contributed by atoms with Crippen molar-refractivity contribution in [3.8, 4) is 11.5 Å². The molecule has 1 aromatic carbocycles. The third kappa shape index (κ3) is 5.13. The molecule has 0 heterocycles. The number of hydrogen-bond donors (Lipinski definition) is 1. The third-order valence-corrected chi connectivity index (χ3v) is 2.89. The smallest absolute Gasteiger partial charge is 0.180 e. The summed E-state index contributed by atoms with van der Waals surface area (Å²) < 4.78 is 11.0. The van der Waals surface area contributed by atoms with Crippen molar-refractivity contribution < 1.29 is 9.47 Å². The third-order valence-electron chi connectivity index (χ3n) is 2.60. The maximum atomic E-state index is 6.25. The Bertz CT molecular complexity index is 419. The van der Waals surface area contributed by atoms with Crippen molar-refractivity contribution in [2.24, 2.45) is 0 Å². The quantitative estimate of drug-likeness (QED) is 0.581. The SMILES string of the molecule is C/C=C/COc1c(Cl)cc(CNCCC)cc1OC. The van der Waals surface area contributed by atoms with Crippen molar-refractivity contribution >= 4 is 11.6 Å². The summed E-state index contributed by atoms with van der Waals surface area (Å²) in [6.07, 6.45) is 4.96. The molecule has 0 aromatic heterocycles. The zero-order valence-corrected chi connectivity index (χ0v) is 12.6. The van der Waals surface area contributed by atoms with Crippen LogP contribution in [0.5, 0.6) is 11.5 Å². The summed E-state index contributed by atoms with van der Waals surface area (Å²) >= 11 is 6.25. The first kappa shape index (κ1) is 15.9. The lowest BCUT2D eigenvalue weighted by molar-refractivity contribution is 0.326. The molecule has 0 saturated carbocycles. The van der Waals surface area contributed by atoms with Gasteiger partial charge in [0.2, 0.25) is 0 Å². The average molecular weight is 284 g/mol. The van der Waals surface area contributed by atoms with E-state index in [0.29, 0.717) is 23.1 Å². The molecular formula is C15H22ClNO2. The molecule has 0 radical (unpaired) electrons. The van der Waals surface area contributed by atoms with Gasteiger partial charge in [0, 0.05) is 6.54 Å². The summed E-state index contributed by atoms with van der Waals surface area (Å²) in [5.74, 6) is 1.27. The van der Waals surface area contributed by atoms with Crippen LogP contribution in [0.2, 0.25) is 5.02 Å². The van der Waals surface area contributed by atoms with Gasteiger partial charge in [-0.15, -0.1) is 0 Å². The number of halogens is 1. The van der Waals surface area contributed by atoms with Gasteiger partial charge in [-0.2, -0.15) is 0 Å². The van der Waals surface area contributed by atoms with Crippen molar-refractivity contribution in [3.63, 3.8) is 0 Å². The van der Waals surface area contributed by atoms with Gasteiger partial charge in [-0.1, -0.05) is 30.7 Å². The highest BCUT2D eigenvalue weighted by Crippen LogP contribution is 2.36. The summed E-state index contributed by atoms with van der Waals surface area (Å²) in [6.45, 7) is 6.34. The van der Waals surface area contributed by atoms with Crippen LogP contribution in [0.3, 0.4) is 0 Å². The molecular weight excluding hydrogens is 262 g/mol. The first-order chi connectivity index (χ1) is 9.22. The maximum Gasteiger partial charge on any atom is 0.180 e. The molecule has 0 unspecified atom stereocenters. The lowest BCUT2D eigenvalue weighted by atomic mass is 10.2. The highest BCUT2D eigenvalue weighted by atomic mass is 35.5. The van der Waals surface area contributed by atoms with E-state index in [4.69, 9.17) is 21.1 Å². The fourth-order valence-electron chi connectivity index (χ4n) is 1.65. The minimum atomic E-state index is 0.486. The number of benzene rings is 1. The first-order valence-electron chi connectivity index (χ1n) is 6.54. The van der Waals surface area contributed by atoms with E-state index < -0.39 is 0 Å². The monoisotopic (exact) mass is 283 g/mol. The Morgan fingerprint density at radius 2 is 2.16 bits per heavy atom. The van der Waals surface area contributed by atoms with E-state index in [1.165, 1.54) is 0 Å². The van der Waals surface area contributed by atoms with Crippen LogP contribution < -0.4 is 14.8 Å². The topological polar surface area (TPSA) is 30.5 Å². The summed E-state index contributed by atoms with van der Waals surface area (Å²) in [6, 6.07) is 3.87. The minimum Gasteiger partial charge on any atom is -0.493 e. The molecule has 0 aliphatic carbocycles. The van der Waals surface area contributed by atoms with Crippen LogP contribution in [0.1, 0.15) is 25.8 Å². The van der Waals surface area contributed by atoms with E-state index in [0.717, 1.165) is 25.1 Å². The second-order valence-corrected chi connectivity index (χ2v) is 4.57. The summed E-state index contributed by atoms with van der Waals surface area (Å²) in [5.41, 5.74) is 1.09. The zero-order chi connectivity index (χ0) is 14.1. The second kappa shape index (κ2) is 8.83. The van der Waals surface area contributed by atoms with Gasteiger partial charge >= 0.3 is 0 Å². The van der Waals surface area contributed by atoms with Crippen LogP contribution in [-0.2, 0) is 6.54 Å². The number of rotatable bonds is 8. The predicted octanol–water partition coefficient (Wildman–Crippen LogP) is 3.80. The van der Waals surface area contributed by atoms with Crippen LogP contribution in [0, 0.1) is 0 Å². The number of ether oxygens (including phenoxy) is 2. The molecule has 0 bridgehead atoms. The molecule has 3 nitrogen and oxygen atoms in total. The van der Waals surface area contributed by atoms with Gasteiger partial charge in [0.15, 0.2) is 11.5 Å². The molecule has 1 aromatic rings. The Balaban J connectivity index is 2.81. The normalized spacial score (nSPS) is 10.9. The van der Waals surface area contributed by atoms with Crippen molar-refractivity contribution in [2.45, 2.75) is 26.8 Å². The van der Waals surface area contributed by atoms with Gasteiger partial charge in [0.25, 0.3) is 0 Å². The highest BCUT2D eigenvalue weighted by molar-refractivity contribution is 6.32. The van der Waals surface area contributed by atoms with E-state index in [9.17, 15) is 0 Å². The molecule has 4 heteroatoms. The predicted molar refractivity (Wildman–Crippen MR) is 80.3 cm³/mol. The molecule has 1 rings (SSSR count). The van der Waals surface area contributed by atoms with Crippen LogP contribution in [0.25, 0.3) is 0 Å². The van der Waals surface area contributed by atoms with Gasteiger partial charge in [0.1, 0.15) is 6.61 Å². The lowest BCUT2D eigenvalue weighted by Gasteiger charge is -2.13. The second-order valence-electron chi connectivity index (χ2n) is 4.17. The standard InChI is InChI=1S/C15H22ClNO2/c1-4-6-8-19-15-13(16)9-12(10-14(15)18-3)11-17-7-5-2/h4,6,9-10,17H,5,7-8,11H2,1-3H3/b6-4+. The molecule has 19 heavy (non-hydrogen) atoms. The van der Waals surface area contributed by atoms with Crippen molar-refractivity contribution in [1.29, 1.82) is 0 Å². The molecule has 0 fully saturated rings. The fourth-order valence-corrected chi connectivity index (χ4v) is 1.94. The Hall–Kier alpha value is -1.19. The molecule has 0 amide bonds. The van der Waals surface area contributed by atoms with Gasteiger partial charge < -0.3 is 14.8 Å². The molecule has 0 aliphatic heterocycles. The molecule has 0 spiro atoms.